The second-order valence-corrected chi connectivity index (χ2v) is 4.40. The summed E-state index contributed by atoms with van der Waals surface area (Å²) >= 11 is 5.54. The average Bonchev–Trinajstić information content (AvgIpc) is 2.41. The number of nitrogens with one attached hydrogen (secondary N) is 1. The van der Waals surface area contributed by atoms with Gasteiger partial charge in [-0.3, -0.25) is 10.1 Å². The molecule has 0 saturated carbocycles. The first-order valence-electron chi connectivity index (χ1n) is 5.59. The molecule has 0 aliphatic heterocycles. The minimum atomic E-state index is -0.903. The molecule has 104 valence electrons. The Morgan fingerprint density at radius 1 is 1.25 bits per heavy atom. The summed E-state index contributed by atoms with van der Waals surface area (Å²) in [4.78, 5) is 9.82. The Morgan fingerprint density at radius 2 is 2.00 bits per heavy atom. The van der Waals surface area contributed by atoms with Crippen molar-refractivity contribution in [3.63, 3.8) is 0 Å². The fraction of sp³-hybridized carbons (Fsp3) is 0.0769. The zero-order valence-electron chi connectivity index (χ0n) is 10.1. The second-order valence-electron chi connectivity index (χ2n) is 3.99. The summed E-state index contributed by atoms with van der Waals surface area (Å²) in [5.74, 6) is -1.50. The molecule has 0 saturated heterocycles. The highest BCUT2D eigenvalue weighted by atomic mass is 35.5. The van der Waals surface area contributed by atoms with E-state index in [1.807, 2.05) is 0 Å². The van der Waals surface area contributed by atoms with Crippen LogP contribution in [0.4, 0.5) is 20.2 Å². The minimum absolute atomic E-state index is 0.00537. The number of hydrogen-bond donors (Lipinski definition) is 1. The molecule has 7 heteroatoms. The first kappa shape index (κ1) is 14.2. The smallest absolute Gasteiger partial charge is 0.305 e. The van der Waals surface area contributed by atoms with E-state index in [0.29, 0.717) is 5.69 Å². The maximum Gasteiger partial charge on any atom is 0.305 e. The number of benzene rings is 2. The van der Waals surface area contributed by atoms with Crippen LogP contribution in [0.3, 0.4) is 0 Å². The summed E-state index contributed by atoms with van der Waals surface area (Å²) in [6.07, 6.45) is 0. The summed E-state index contributed by atoms with van der Waals surface area (Å²) in [5, 5.41) is 13.4. The number of nitro benzene ring substituents is 1. The third-order valence-electron chi connectivity index (χ3n) is 2.66. The molecule has 0 aromatic heterocycles. The molecule has 2 aromatic rings. The molecule has 0 spiro atoms. The van der Waals surface area contributed by atoms with E-state index in [1.54, 1.807) is 0 Å². The first-order chi connectivity index (χ1) is 9.49. The van der Waals surface area contributed by atoms with Crippen molar-refractivity contribution in [1.29, 1.82) is 0 Å². The summed E-state index contributed by atoms with van der Waals surface area (Å²) in [7, 11) is 0. The molecular weight excluding hydrogens is 290 g/mol. The molecular formula is C13H9ClF2N2O2. The first-order valence-corrected chi connectivity index (χ1v) is 5.97. The van der Waals surface area contributed by atoms with Crippen LogP contribution in [-0.2, 0) is 6.54 Å². The molecule has 2 rings (SSSR count). The van der Waals surface area contributed by atoms with Crippen LogP contribution in [0.25, 0.3) is 0 Å². The minimum Gasteiger partial charge on any atom is -0.381 e. The predicted molar refractivity (Wildman–Crippen MR) is 71.8 cm³/mol. The standard InChI is InChI=1S/C13H9ClF2N2O2/c14-10-5-4-9(6-11(10)15)17-7-8-2-1-3-12(13(8)16)18(19)20/h1-6,17H,7H2. The third kappa shape index (κ3) is 3.03. The van der Waals surface area contributed by atoms with Crippen molar-refractivity contribution in [1.82, 2.24) is 0 Å². The molecule has 0 radical (unpaired) electrons. The van der Waals surface area contributed by atoms with Crippen LogP contribution in [0.15, 0.2) is 36.4 Å². The van der Waals surface area contributed by atoms with Crippen LogP contribution >= 0.6 is 11.6 Å². The van der Waals surface area contributed by atoms with Crippen LogP contribution in [0.2, 0.25) is 5.02 Å². The number of rotatable bonds is 4. The number of anilines is 1. The SMILES string of the molecule is O=[N+]([O-])c1cccc(CNc2ccc(Cl)c(F)c2)c1F. The largest absolute Gasteiger partial charge is 0.381 e. The van der Waals surface area contributed by atoms with E-state index in [2.05, 4.69) is 5.32 Å². The summed E-state index contributed by atoms with van der Waals surface area (Å²) in [6, 6.07) is 7.95. The quantitative estimate of drug-likeness (QED) is 0.682. The Kier molecular flexibility index (Phi) is 4.14. The van der Waals surface area contributed by atoms with Crippen molar-refractivity contribution in [3.8, 4) is 0 Å². The van der Waals surface area contributed by atoms with Crippen LogP contribution in [0, 0.1) is 21.7 Å². The van der Waals surface area contributed by atoms with E-state index in [1.165, 1.54) is 24.3 Å². The molecule has 0 aliphatic rings. The van der Waals surface area contributed by atoms with Crippen molar-refractivity contribution >= 4 is 23.0 Å². The van der Waals surface area contributed by atoms with Gasteiger partial charge in [-0.15, -0.1) is 0 Å². The van der Waals surface area contributed by atoms with E-state index in [-0.39, 0.29) is 17.1 Å². The summed E-state index contributed by atoms with van der Waals surface area (Å²) < 4.78 is 27.0. The van der Waals surface area contributed by atoms with Crippen LogP contribution in [0.5, 0.6) is 0 Å². The average molecular weight is 299 g/mol. The van der Waals surface area contributed by atoms with Crippen molar-refractivity contribution in [2.75, 3.05) is 5.32 Å². The lowest BCUT2D eigenvalue weighted by Gasteiger charge is -2.08. The Hall–Kier alpha value is -2.21. The second kappa shape index (κ2) is 5.83. The molecule has 2 aromatic carbocycles. The third-order valence-corrected chi connectivity index (χ3v) is 2.96. The highest BCUT2D eigenvalue weighted by Crippen LogP contribution is 2.22. The Balaban J connectivity index is 2.17. The van der Waals surface area contributed by atoms with Gasteiger partial charge in [0.05, 0.1) is 9.95 Å². The van der Waals surface area contributed by atoms with Crippen molar-refractivity contribution < 1.29 is 13.7 Å². The van der Waals surface area contributed by atoms with Gasteiger partial charge >= 0.3 is 5.69 Å². The molecule has 0 atom stereocenters. The van der Waals surface area contributed by atoms with Crippen LogP contribution < -0.4 is 5.32 Å². The number of nitrogens with zero attached hydrogens (tertiary/aromatic N) is 1. The lowest BCUT2D eigenvalue weighted by atomic mass is 10.2. The lowest BCUT2D eigenvalue weighted by molar-refractivity contribution is -0.387. The zero-order chi connectivity index (χ0) is 14.7. The highest BCUT2D eigenvalue weighted by Gasteiger charge is 2.16. The Labute approximate surface area is 118 Å². The Bertz CT molecular complexity index is 665. The van der Waals surface area contributed by atoms with Gasteiger partial charge in [-0.2, -0.15) is 4.39 Å². The van der Waals surface area contributed by atoms with E-state index < -0.39 is 22.2 Å². The van der Waals surface area contributed by atoms with Gasteiger partial charge in [-0.05, 0) is 18.2 Å². The number of hydrogen-bond acceptors (Lipinski definition) is 3. The highest BCUT2D eigenvalue weighted by molar-refractivity contribution is 6.30. The van der Waals surface area contributed by atoms with Gasteiger partial charge in [0.1, 0.15) is 5.82 Å². The molecule has 4 nitrogen and oxygen atoms in total. The molecule has 0 amide bonds. The fourth-order valence-corrected chi connectivity index (χ4v) is 1.76. The number of halogens is 3. The van der Waals surface area contributed by atoms with Gasteiger partial charge in [-0.1, -0.05) is 23.7 Å². The molecule has 0 unspecified atom stereocenters. The van der Waals surface area contributed by atoms with E-state index in [0.717, 1.165) is 12.1 Å². The molecule has 0 bridgehead atoms. The predicted octanol–water partition coefficient (Wildman–Crippen LogP) is 4.14. The monoisotopic (exact) mass is 298 g/mol. The fourth-order valence-electron chi connectivity index (χ4n) is 1.65. The van der Waals surface area contributed by atoms with Crippen molar-refractivity contribution in [2.45, 2.75) is 6.54 Å². The summed E-state index contributed by atoms with van der Waals surface area (Å²) in [6.45, 7) is -0.00537. The van der Waals surface area contributed by atoms with Crippen LogP contribution in [0.1, 0.15) is 5.56 Å². The van der Waals surface area contributed by atoms with Crippen molar-refractivity contribution in [3.05, 3.63) is 68.7 Å². The Morgan fingerprint density at radius 3 is 2.65 bits per heavy atom. The van der Waals surface area contributed by atoms with Gasteiger partial charge in [0, 0.05) is 23.9 Å². The molecule has 1 N–H and O–H groups in total. The maximum absolute atomic E-state index is 13.8. The van der Waals surface area contributed by atoms with Crippen LogP contribution in [-0.4, -0.2) is 4.92 Å². The van der Waals surface area contributed by atoms with Gasteiger partial charge in [0.25, 0.3) is 0 Å². The van der Waals surface area contributed by atoms with E-state index in [4.69, 9.17) is 11.6 Å². The molecule has 0 aliphatic carbocycles. The molecule has 20 heavy (non-hydrogen) atoms. The van der Waals surface area contributed by atoms with Gasteiger partial charge in [0.2, 0.25) is 5.82 Å². The lowest BCUT2D eigenvalue weighted by Crippen LogP contribution is -2.04. The van der Waals surface area contributed by atoms with Gasteiger partial charge in [-0.25, -0.2) is 4.39 Å². The molecule has 0 heterocycles. The normalized spacial score (nSPS) is 10.3. The van der Waals surface area contributed by atoms with Crippen molar-refractivity contribution in [2.24, 2.45) is 0 Å². The summed E-state index contributed by atoms with van der Waals surface area (Å²) in [5.41, 5.74) is -0.0704. The topological polar surface area (TPSA) is 55.2 Å². The maximum atomic E-state index is 13.8. The van der Waals surface area contributed by atoms with E-state index >= 15 is 0 Å². The van der Waals surface area contributed by atoms with E-state index in [9.17, 15) is 18.9 Å². The van der Waals surface area contributed by atoms with Gasteiger partial charge in [0.15, 0.2) is 0 Å². The van der Waals surface area contributed by atoms with Gasteiger partial charge < -0.3 is 5.32 Å². The molecule has 0 fully saturated rings. The zero-order valence-corrected chi connectivity index (χ0v) is 10.8. The number of nitro groups is 1.